The average molecular weight is 292 g/mol. The molecular formula is C16H18ClNO2. The Morgan fingerprint density at radius 2 is 1.85 bits per heavy atom. The molecule has 0 saturated heterocycles. The topological polar surface area (TPSA) is 44.5 Å². The fraction of sp³-hybridized carbons (Fsp3) is 0.250. The second kappa shape index (κ2) is 6.64. The fourth-order valence-electron chi connectivity index (χ4n) is 1.90. The van der Waals surface area contributed by atoms with Crippen molar-refractivity contribution in [2.75, 3.05) is 7.11 Å². The van der Waals surface area contributed by atoms with Crippen LogP contribution in [0.15, 0.2) is 42.5 Å². The van der Waals surface area contributed by atoms with Gasteiger partial charge in [-0.3, -0.25) is 0 Å². The number of rotatable bonds is 5. The van der Waals surface area contributed by atoms with Gasteiger partial charge in [-0.15, -0.1) is 0 Å². The van der Waals surface area contributed by atoms with Gasteiger partial charge in [0, 0.05) is 6.54 Å². The highest BCUT2D eigenvalue weighted by Crippen LogP contribution is 2.30. The van der Waals surface area contributed by atoms with Crippen molar-refractivity contribution in [3.05, 3.63) is 58.6 Å². The minimum absolute atomic E-state index is 0.0952. The van der Waals surface area contributed by atoms with Gasteiger partial charge in [0.05, 0.1) is 12.1 Å². The van der Waals surface area contributed by atoms with Gasteiger partial charge in [-0.2, -0.15) is 0 Å². The lowest BCUT2D eigenvalue weighted by molar-refractivity contribution is 0.227. The minimum Gasteiger partial charge on any atom is -0.497 e. The van der Waals surface area contributed by atoms with E-state index >= 15 is 0 Å². The van der Waals surface area contributed by atoms with Gasteiger partial charge in [-0.05, 0) is 42.3 Å². The summed E-state index contributed by atoms with van der Waals surface area (Å²) >= 11 is 6.19. The summed E-state index contributed by atoms with van der Waals surface area (Å²) < 4.78 is 11.0. The van der Waals surface area contributed by atoms with Gasteiger partial charge in [0.15, 0.2) is 0 Å². The molecule has 0 saturated carbocycles. The van der Waals surface area contributed by atoms with E-state index in [4.69, 9.17) is 26.8 Å². The van der Waals surface area contributed by atoms with Gasteiger partial charge >= 0.3 is 0 Å². The molecule has 20 heavy (non-hydrogen) atoms. The van der Waals surface area contributed by atoms with Crippen LogP contribution in [0.2, 0.25) is 5.02 Å². The molecule has 0 amide bonds. The first-order valence-electron chi connectivity index (χ1n) is 6.43. The van der Waals surface area contributed by atoms with Crippen LogP contribution in [0.3, 0.4) is 0 Å². The Morgan fingerprint density at radius 3 is 2.40 bits per heavy atom. The van der Waals surface area contributed by atoms with Crippen LogP contribution < -0.4 is 15.2 Å². The SMILES string of the molecule is COc1ccc(C(C)Oc2ccc(CN)cc2Cl)cc1. The van der Waals surface area contributed by atoms with Gasteiger partial charge in [0.25, 0.3) is 0 Å². The Bertz CT molecular complexity index is 569. The number of benzene rings is 2. The summed E-state index contributed by atoms with van der Waals surface area (Å²) in [5.74, 6) is 1.48. The first-order valence-corrected chi connectivity index (χ1v) is 6.81. The van der Waals surface area contributed by atoms with Crippen molar-refractivity contribution in [1.29, 1.82) is 0 Å². The molecule has 0 radical (unpaired) electrons. The average Bonchev–Trinajstić information content (AvgIpc) is 2.49. The molecule has 2 N–H and O–H groups in total. The van der Waals surface area contributed by atoms with Gasteiger partial charge in [-0.25, -0.2) is 0 Å². The second-order valence-electron chi connectivity index (χ2n) is 4.50. The molecular weight excluding hydrogens is 274 g/mol. The van der Waals surface area contributed by atoms with E-state index in [0.717, 1.165) is 16.9 Å². The summed E-state index contributed by atoms with van der Waals surface area (Å²) in [6.07, 6.45) is -0.0952. The maximum atomic E-state index is 6.19. The molecule has 0 fully saturated rings. The molecule has 1 atom stereocenters. The number of methoxy groups -OCH3 is 1. The van der Waals surface area contributed by atoms with Crippen LogP contribution in [0, 0.1) is 0 Å². The molecule has 0 heterocycles. The monoisotopic (exact) mass is 291 g/mol. The van der Waals surface area contributed by atoms with E-state index in [-0.39, 0.29) is 6.10 Å². The summed E-state index contributed by atoms with van der Waals surface area (Å²) in [7, 11) is 1.65. The zero-order valence-corrected chi connectivity index (χ0v) is 12.4. The third kappa shape index (κ3) is 3.44. The molecule has 2 rings (SSSR count). The second-order valence-corrected chi connectivity index (χ2v) is 4.91. The van der Waals surface area contributed by atoms with E-state index in [1.807, 2.05) is 49.4 Å². The van der Waals surface area contributed by atoms with E-state index in [1.54, 1.807) is 7.11 Å². The highest BCUT2D eigenvalue weighted by Gasteiger charge is 2.10. The van der Waals surface area contributed by atoms with Crippen LogP contribution in [0.25, 0.3) is 0 Å². The molecule has 0 aromatic heterocycles. The van der Waals surface area contributed by atoms with E-state index in [0.29, 0.717) is 17.3 Å². The number of hydrogen-bond donors (Lipinski definition) is 1. The van der Waals surface area contributed by atoms with Crippen LogP contribution in [-0.2, 0) is 6.54 Å². The largest absolute Gasteiger partial charge is 0.497 e. The van der Waals surface area contributed by atoms with Crippen molar-refractivity contribution >= 4 is 11.6 Å². The molecule has 2 aromatic rings. The Hall–Kier alpha value is -1.71. The van der Waals surface area contributed by atoms with Crippen molar-refractivity contribution < 1.29 is 9.47 Å². The minimum atomic E-state index is -0.0952. The predicted molar refractivity (Wildman–Crippen MR) is 81.4 cm³/mol. The highest BCUT2D eigenvalue weighted by atomic mass is 35.5. The van der Waals surface area contributed by atoms with Crippen molar-refractivity contribution in [2.45, 2.75) is 19.6 Å². The van der Waals surface area contributed by atoms with Crippen LogP contribution in [0.4, 0.5) is 0 Å². The van der Waals surface area contributed by atoms with Gasteiger partial charge in [-0.1, -0.05) is 29.8 Å². The Kier molecular flexibility index (Phi) is 4.88. The predicted octanol–water partition coefficient (Wildman–Crippen LogP) is 3.95. The molecule has 0 aliphatic rings. The molecule has 0 aliphatic heterocycles. The first-order chi connectivity index (χ1) is 9.63. The molecule has 106 valence electrons. The summed E-state index contributed by atoms with van der Waals surface area (Å²) in [5, 5.41) is 0.577. The van der Waals surface area contributed by atoms with Gasteiger partial charge in [0.2, 0.25) is 0 Å². The van der Waals surface area contributed by atoms with E-state index < -0.39 is 0 Å². The quantitative estimate of drug-likeness (QED) is 0.907. The van der Waals surface area contributed by atoms with E-state index in [2.05, 4.69) is 0 Å². The van der Waals surface area contributed by atoms with Crippen LogP contribution in [0.5, 0.6) is 11.5 Å². The first kappa shape index (κ1) is 14.7. The Morgan fingerprint density at radius 1 is 1.15 bits per heavy atom. The lowest BCUT2D eigenvalue weighted by Gasteiger charge is -2.17. The van der Waals surface area contributed by atoms with Crippen LogP contribution in [-0.4, -0.2) is 7.11 Å². The highest BCUT2D eigenvalue weighted by molar-refractivity contribution is 6.32. The summed E-state index contributed by atoms with van der Waals surface area (Å²) in [5.41, 5.74) is 7.62. The molecule has 2 aromatic carbocycles. The van der Waals surface area contributed by atoms with Gasteiger partial charge < -0.3 is 15.2 Å². The fourth-order valence-corrected chi connectivity index (χ4v) is 2.15. The third-order valence-corrected chi connectivity index (χ3v) is 3.42. The van der Waals surface area contributed by atoms with Crippen molar-refractivity contribution in [3.8, 4) is 11.5 Å². The number of nitrogens with two attached hydrogens (primary N) is 1. The van der Waals surface area contributed by atoms with Crippen LogP contribution >= 0.6 is 11.6 Å². The Labute approximate surface area is 124 Å². The number of halogens is 1. The van der Waals surface area contributed by atoms with Crippen molar-refractivity contribution in [3.63, 3.8) is 0 Å². The van der Waals surface area contributed by atoms with Crippen molar-refractivity contribution in [2.24, 2.45) is 5.73 Å². The summed E-state index contributed by atoms with van der Waals surface area (Å²) in [6.45, 7) is 2.45. The lowest BCUT2D eigenvalue weighted by Crippen LogP contribution is -2.04. The van der Waals surface area contributed by atoms with Gasteiger partial charge in [0.1, 0.15) is 17.6 Å². The smallest absolute Gasteiger partial charge is 0.138 e. The zero-order chi connectivity index (χ0) is 14.5. The van der Waals surface area contributed by atoms with E-state index in [9.17, 15) is 0 Å². The summed E-state index contributed by atoms with van der Waals surface area (Å²) in [4.78, 5) is 0. The van der Waals surface area contributed by atoms with Crippen molar-refractivity contribution in [1.82, 2.24) is 0 Å². The third-order valence-electron chi connectivity index (χ3n) is 3.12. The number of hydrogen-bond acceptors (Lipinski definition) is 3. The molecule has 0 bridgehead atoms. The van der Waals surface area contributed by atoms with Crippen LogP contribution in [0.1, 0.15) is 24.2 Å². The maximum absolute atomic E-state index is 6.19. The Balaban J connectivity index is 2.12. The zero-order valence-electron chi connectivity index (χ0n) is 11.6. The standard InChI is InChI=1S/C16H18ClNO2/c1-11(13-4-6-14(19-2)7-5-13)20-16-8-3-12(10-18)9-15(16)17/h3-9,11H,10,18H2,1-2H3. The van der Waals surface area contributed by atoms with E-state index in [1.165, 1.54) is 0 Å². The maximum Gasteiger partial charge on any atom is 0.138 e. The molecule has 1 unspecified atom stereocenters. The summed E-state index contributed by atoms with van der Waals surface area (Å²) in [6, 6.07) is 13.4. The number of ether oxygens (including phenoxy) is 2. The molecule has 0 aliphatic carbocycles. The molecule has 0 spiro atoms. The molecule has 3 nitrogen and oxygen atoms in total. The molecule has 4 heteroatoms. The normalized spacial score (nSPS) is 12.0. The lowest BCUT2D eigenvalue weighted by atomic mass is 10.1.